The minimum Gasteiger partial charge on any atom is -0.262 e. The Morgan fingerprint density at radius 1 is 1.78 bits per heavy atom. The molecule has 0 bridgehead atoms. The van der Waals surface area contributed by atoms with Crippen LogP contribution in [0.25, 0.3) is 0 Å². The molecule has 0 N–H and O–H groups in total. The third-order valence-corrected chi connectivity index (χ3v) is 1.26. The maximum absolute atomic E-state index is 10.00. The molecule has 0 heterocycles. The second-order valence-electron chi connectivity index (χ2n) is 1.92. The Balaban J connectivity index is 4.27. The van der Waals surface area contributed by atoms with Gasteiger partial charge in [0, 0.05) is 18.5 Å². The Hall–Kier alpha value is -1.00. The van der Waals surface area contributed by atoms with Crippen molar-refractivity contribution in [2.45, 2.75) is 25.9 Å². The quantitative estimate of drug-likeness (QED) is 0.328. The molecule has 5 nitrogen and oxygen atoms in total. The van der Waals surface area contributed by atoms with Crippen LogP contribution in [0.15, 0.2) is 5.18 Å². The van der Waals surface area contributed by atoms with Gasteiger partial charge in [-0.2, -0.15) is 0 Å². The second kappa shape index (κ2) is 2.52. The molecule has 9 heavy (non-hydrogen) atoms. The van der Waals surface area contributed by atoms with E-state index in [1.807, 2.05) is 0 Å². The number of nitrogens with zero attached hydrogens (tertiary/aromatic N) is 2. The van der Waals surface area contributed by atoms with Crippen molar-refractivity contribution in [3.05, 3.63) is 15.0 Å². The largest absolute Gasteiger partial charge is 0.345 e. The zero-order chi connectivity index (χ0) is 7.49. The minimum absolute atomic E-state index is 0.128. The van der Waals surface area contributed by atoms with E-state index in [-0.39, 0.29) is 6.42 Å². The predicted octanol–water partition coefficient (Wildman–Crippen LogP) is 1.16. The van der Waals surface area contributed by atoms with Crippen LogP contribution in [-0.2, 0) is 0 Å². The molecule has 1 unspecified atom stereocenters. The summed E-state index contributed by atoms with van der Waals surface area (Å²) >= 11 is 0. The first kappa shape index (κ1) is 8.00. The van der Waals surface area contributed by atoms with E-state index < -0.39 is 10.6 Å². The van der Waals surface area contributed by atoms with Crippen molar-refractivity contribution in [3.8, 4) is 0 Å². The molecule has 0 aliphatic rings. The molecule has 0 aromatic carbocycles. The maximum atomic E-state index is 10.00. The highest BCUT2D eigenvalue weighted by molar-refractivity contribution is 4.65. The van der Waals surface area contributed by atoms with Crippen LogP contribution in [0.1, 0.15) is 20.3 Å². The highest BCUT2D eigenvalue weighted by Crippen LogP contribution is 2.13. The number of rotatable bonds is 3. The number of hydrogen-bond acceptors (Lipinski definition) is 4. The number of nitroso groups, excluding NO2 is 1. The number of hydrogen-bond donors (Lipinski definition) is 0. The highest BCUT2D eigenvalue weighted by atomic mass is 16.6. The van der Waals surface area contributed by atoms with Gasteiger partial charge in [0.2, 0.25) is 0 Å². The monoisotopic (exact) mass is 132 g/mol. The topological polar surface area (TPSA) is 72.6 Å². The minimum atomic E-state index is -1.62. The first-order valence-electron chi connectivity index (χ1n) is 2.56. The Kier molecular flexibility index (Phi) is 2.24. The van der Waals surface area contributed by atoms with Gasteiger partial charge >= 0.3 is 5.66 Å². The smallest absolute Gasteiger partial charge is 0.262 e. The van der Waals surface area contributed by atoms with Gasteiger partial charge in [-0.15, -0.1) is 4.91 Å². The van der Waals surface area contributed by atoms with Crippen molar-refractivity contribution in [2.24, 2.45) is 5.18 Å². The van der Waals surface area contributed by atoms with Crippen molar-refractivity contribution >= 4 is 0 Å². The zero-order valence-electron chi connectivity index (χ0n) is 5.33. The molecule has 0 aromatic rings. The van der Waals surface area contributed by atoms with Crippen LogP contribution in [0, 0.1) is 15.0 Å². The average molecular weight is 132 g/mol. The van der Waals surface area contributed by atoms with Crippen molar-refractivity contribution in [1.82, 2.24) is 0 Å². The molecule has 1 atom stereocenters. The molecule has 0 aromatic heterocycles. The van der Waals surface area contributed by atoms with Gasteiger partial charge in [-0.05, 0) is 0 Å². The van der Waals surface area contributed by atoms with Crippen LogP contribution in [0.2, 0.25) is 0 Å². The van der Waals surface area contributed by atoms with E-state index in [4.69, 9.17) is 0 Å². The van der Waals surface area contributed by atoms with Crippen LogP contribution in [-0.4, -0.2) is 10.6 Å². The fraction of sp³-hybridized carbons (Fsp3) is 1.00. The lowest BCUT2D eigenvalue weighted by molar-refractivity contribution is -0.564. The summed E-state index contributed by atoms with van der Waals surface area (Å²) in [6.45, 7) is 2.74. The fourth-order valence-corrected chi connectivity index (χ4v) is 0.227. The van der Waals surface area contributed by atoms with Crippen LogP contribution >= 0.6 is 0 Å². The summed E-state index contributed by atoms with van der Waals surface area (Å²) in [6.07, 6.45) is 0.128. The lowest BCUT2D eigenvalue weighted by atomic mass is 10.2. The van der Waals surface area contributed by atoms with Gasteiger partial charge in [-0.1, -0.05) is 6.92 Å². The predicted molar refractivity (Wildman–Crippen MR) is 31.5 cm³/mol. The third-order valence-electron chi connectivity index (χ3n) is 1.26. The Bertz CT molecular complexity index is 136. The molecule has 0 aliphatic carbocycles. The summed E-state index contributed by atoms with van der Waals surface area (Å²) in [6, 6.07) is 0. The highest BCUT2D eigenvalue weighted by Gasteiger charge is 2.35. The van der Waals surface area contributed by atoms with E-state index in [0.717, 1.165) is 0 Å². The van der Waals surface area contributed by atoms with E-state index in [1.165, 1.54) is 6.92 Å². The first-order chi connectivity index (χ1) is 4.06. The average Bonchev–Trinajstić information content (AvgIpc) is 1.86. The van der Waals surface area contributed by atoms with Gasteiger partial charge < -0.3 is 0 Å². The van der Waals surface area contributed by atoms with Crippen molar-refractivity contribution in [1.29, 1.82) is 0 Å². The SMILES string of the molecule is CCC(C)(N=O)[N+](=O)[O-]. The van der Waals surface area contributed by atoms with Crippen molar-refractivity contribution in [2.75, 3.05) is 0 Å². The molecule has 52 valence electrons. The lowest BCUT2D eigenvalue weighted by Crippen LogP contribution is -2.30. The van der Waals surface area contributed by atoms with Crippen molar-refractivity contribution < 1.29 is 4.92 Å². The van der Waals surface area contributed by atoms with Gasteiger partial charge in [-0.25, -0.2) is 0 Å². The Morgan fingerprint density at radius 2 is 2.22 bits per heavy atom. The van der Waals surface area contributed by atoms with Crippen LogP contribution in [0.3, 0.4) is 0 Å². The van der Waals surface area contributed by atoms with E-state index in [0.29, 0.717) is 0 Å². The van der Waals surface area contributed by atoms with Gasteiger partial charge in [0.05, 0.1) is 4.92 Å². The van der Waals surface area contributed by atoms with Gasteiger partial charge in [-0.3, -0.25) is 10.1 Å². The summed E-state index contributed by atoms with van der Waals surface area (Å²) in [7, 11) is 0. The molecule has 0 rings (SSSR count). The summed E-state index contributed by atoms with van der Waals surface area (Å²) in [4.78, 5) is 19.1. The van der Waals surface area contributed by atoms with Gasteiger partial charge in [0.1, 0.15) is 0 Å². The third kappa shape index (κ3) is 1.45. The van der Waals surface area contributed by atoms with Gasteiger partial charge in [0.25, 0.3) is 0 Å². The molecule has 0 spiro atoms. The number of nitro groups is 1. The Labute approximate surface area is 52.2 Å². The fourth-order valence-electron chi connectivity index (χ4n) is 0.227. The summed E-state index contributed by atoms with van der Waals surface area (Å²) in [5.74, 6) is 0. The lowest BCUT2D eigenvalue weighted by Gasteiger charge is -2.07. The summed E-state index contributed by atoms with van der Waals surface area (Å²) in [5, 5.41) is 12.4. The molecule has 0 saturated carbocycles. The summed E-state index contributed by atoms with van der Waals surface area (Å²) in [5.41, 5.74) is -1.62. The van der Waals surface area contributed by atoms with Crippen molar-refractivity contribution in [3.63, 3.8) is 0 Å². The zero-order valence-corrected chi connectivity index (χ0v) is 5.33. The van der Waals surface area contributed by atoms with Crippen LogP contribution < -0.4 is 0 Å². The summed E-state index contributed by atoms with van der Waals surface area (Å²) < 4.78 is 0. The van der Waals surface area contributed by atoms with Gasteiger partial charge in [0.15, 0.2) is 0 Å². The second-order valence-corrected chi connectivity index (χ2v) is 1.92. The Morgan fingerprint density at radius 3 is 2.22 bits per heavy atom. The standard InChI is InChI=1S/C4H8N2O3/c1-3-4(2,5-7)6(8)9/h3H2,1-2H3. The molecule has 5 heteroatoms. The van der Waals surface area contributed by atoms with E-state index in [1.54, 1.807) is 6.92 Å². The molecule has 0 amide bonds. The molecule has 0 aliphatic heterocycles. The molecule has 0 radical (unpaired) electrons. The molecular formula is C4H8N2O3. The van der Waals surface area contributed by atoms with Crippen LogP contribution in [0.4, 0.5) is 0 Å². The van der Waals surface area contributed by atoms with Crippen LogP contribution in [0.5, 0.6) is 0 Å². The molecule has 0 fully saturated rings. The first-order valence-corrected chi connectivity index (χ1v) is 2.56. The van der Waals surface area contributed by atoms with E-state index in [9.17, 15) is 15.0 Å². The molecular weight excluding hydrogens is 124 g/mol. The normalized spacial score (nSPS) is 16.2. The molecule has 0 saturated heterocycles. The maximum Gasteiger partial charge on any atom is 0.345 e. The van der Waals surface area contributed by atoms with E-state index >= 15 is 0 Å². The van der Waals surface area contributed by atoms with E-state index in [2.05, 4.69) is 5.18 Å².